The number of benzene rings is 1. The van der Waals surface area contributed by atoms with E-state index in [9.17, 15) is 23.2 Å². The van der Waals surface area contributed by atoms with Gasteiger partial charge in [0.2, 0.25) is 0 Å². The molecule has 1 fully saturated rings. The Morgan fingerprint density at radius 1 is 1.15 bits per heavy atom. The number of hydrogen-bond donors (Lipinski definition) is 1. The van der Waals surface area contributed by atoms with Gasteiger partial charge in [-0.25, -0.2) is 0 Å². The predicted octanol–water partition coefficient (Wildman–Crippen LogP) is 2.86. The Morgan fingerprint density at radius 3 is 2.33 bits per heavy atom. The summed E-state index contributed by atoms with van der Waals surface area (Å²) in [5.41, 5.74) is -1.04. The molecule has 0 atom stereocenters. The lowest BCUT2D eigenvalue weighted by Crippen LogP contribution is -2.18. The number of alkyl halides is 3. The quantitative estimate of drug-likeness (QED) is 0.751. The Labute approximate surface area is 150 Å². The molecule has 1 aliphatic carbocycles. The van der Waals surface area contributed by atoms with E-state index in [-0.39, 0.29) is 16.8 Å². The van der Waals surface area contributed by atoms with Crippen LogP contribution in [0.15, 0.2) is 35.3 Å². The summed E-state index contributed by atoms with van der Waals surface area (Å²) in [6.45, 7) is 0. The van der Waals surface area contributed by atoms with Crippen LogP contribution in [-0.2, 0) is 11.6 Å². The first-order valence-corrected chi connectivity index (χ1v) is 7.94. The Hall–Kier alpha value is -3.59. The number of fused-ring (bicyclic) bond motifs is 1. The zero-order valence-electron chi connectivity index (χ0n) is 13.6. The molecule has 1 aromatic carbocycles. The highest BCUT2D eigenvalue weighted by Gasteiger charge is 2.50. The third kappa shape index (κ3) is 2.40. The van der Waals surface area contributed by atoms with Gasteiger partial charge in [0.15, 0.2) is 5.65 Å². The minimum absolute atomic E-state index is 0.147. The van der Waals surface area contributed by atoms with E-state index in [4.69, 9.17) is 5.26 Å². The fourth-order valence-corrected chi connectivity index (χ4v) is 3.30. The number of hydrogen-bond acceptors (Lipinski definition) is 4. The highest BCUT2D eigenvalue weighted by atomic mass is 19.4. The number of nitrogens with one attached hydrogen (secondary N) is 1. The Kier molecular flexibility index (Phi) is 3.40. The van der Waals surface area contributed by atoms with Crippen molar-refractivity contribution in [2.24, 2.45) is 0 Å². The number of nitriles is 2. The SMILES string of the molecule is N#Cc1c[nH]c2c(C#N)c(C3(c4ccc(C(F)(F)F)cc4)CC3)nn2c1=O. The largest absolute Gasteiger partial charge is 0.416 e. The van der Waals surface area contributed by atoms with Crippen LogP contribution < -0.4 is 5.56 Å². The van der Waals surface area contributed by atoms with Gasteiger partial charge in [0, 0.05) is 11.6 Å². The van der Waals surface area contributed by atoms with E-state index in [1.54, 1.807) is 6.07 Å². The summed E-state index contributed by atoms with van der Waals surface area (Å²) < 4.78 is 39.4. The zero-order chi connectivity index (χ0) is 19.4. The first-order chi connectivity index (χ1) is 12.8. The van der Waals surface area contributed by atoms with Crippen LogP contribution in [0.1, 0.15) is 40.8 Å². The molecular formula is C18H10F3N5O. The lowest BCUT2D eigenvalue weighted by atomic mass is 9.89. The van der Waals surface area contributed by atoms with Crippen molar-refractivity contribution in [3.63, 3.8) is 0 Å². The highest BCUT2D eigenvalue weighted by molar-refractivity contribution is 5.63. The molecule has 4 rings (SSSR count). The number of rotatable bonds is 2. The smallest absolute Gasteiger partial charge is 0.344 e. The summed E-state index contributed by atoms with van der Waals surface area (Å²) in [5, 5.41) is 22.8. The number of aromatic amines is 1. The average Bonchev–Trinajstić information content (AvgIpc) is 3.36. The maximum atomic E-state index is 12.8. The van der Waals surface area contributed by atoms with Gasteiger partial charge in [-0.2, -0.15) is 33.3 Å². The predicted molar refractivity (Wildman–Crippen MR) is 86.7 cm³/mol. The standard InChI is InChI=1S/C18H10F3N5O/c19-18(20,21)12-3-1-11(2-4-12)17(5-6-17)14-13(8-23)15-24-9-10(7-22)16(27)26(15)25-14/h1-4,9,24H,5-6H2. The topological polar surface area (TPSA) is 97.7 Å². The molecule has 0 amide bonds. The average molecular weight is 369 g/mol. The van der Waals surface area contributed by atoms with Crippen molar-refractivity contribution in [2.45, 2.75) is 24.4 Å². The van der Waals surface area contributed by atoms with Gasteiger partial charge < -0.3 is 4.98 Å². The molecule has 0 unspecified atom stereocenters. The number of H-pyrrole nitrogens is 1. The second-order valence-corrected chi connectivity index (χ2v) is 6.37. The minimum atomic E-state index is -4.43. The van der Waals surface area contributed by atoms with E-state index in [0.29, 0.717) is 24.1 Å². The number of nitrogens with zero attached hydrogens (tertiary/aromatic N) is 4. The maximum Gasteiger partial charge on any atom is 0.416 e. The van der Waals surface area contributed by atoms with Gasteiger partial charge in [-0.15, -0.1) is 0 Å². The van der Waals surface area contributed by atoms with Crippen LogP contribution in [0.2, 0.25) is 0 Å². The van der Waals surface area contributed by atoms with Crippen LogP contribution in [0.5, 0.6) is 0 Å². The van der Waals surface area contributed by atoms with Gasteiger partial charge in [-0.3, -0.25) is 4.79 Å². The van der Waals surface area contributed by atoms with Crippen molar-refractivity contribution in [3.05, 3.63) is 68.8 Å². The second kappa shape index (κ2) is 5.45. The molecule has 27 heavy (non-hydrogen) atoms. The Balaban J connectivity index is 1.89. The van der Waals surface area contributed by atoms with Crippen molar-refractivity contribution >= 4 is 5.65 Å². The third-order valence-corrected chi connectivity index (χ3v) is 4.86. The normalized spacial score (nSPS) is 15.3. The van der Waals surface area contributed by atoms with Crippen molar-refractivity contribution in [1.82, 2.24) is 14.6 Å². The van der Waals surface area contributed by atoms with Gasteiger partial charge in [-0.05, 0) is 30.5 Å². The number of aromatic nitrogens is 3. The fourth-order valence-electron chi connectivity index (χ4n) is 3.30. The molecule has 9 heteroatoms. The molecule has 1 N–H and O–H groups in total. The molecule has 2 heterocycles. The van der Waals surface area contributed by atoms with Gasteiger partial charge in [0.25, 0.3) is 5.56 Å². The van der Waals surface area contributed by atoms with Gasteiger partial charge in [0.1, 0.15) is 23.3 Å². The Morgan fingerprint density at radius 2 is 1.81 bits per heavy atom. The summed E-state index contributed by atoms with van der Waals surface area (Å²) in [6, 6.07) is 8.51. The summed E-state index contributed by atoms with van der Waals surface area (Å²) in [5.74, 6) is 0. The molecule has 0 bridgehead atoms. The Bertz CT molecular complexity index is 1200. The summed E-state index contributed by atoms with van der Waals surface area (Å²) >= 11 is 0. The molecule has 3 aromatic rings. The lowest BCUT2D eigenvalue weighted by molar-refractivity contribution is -0.137. The van der Waals surface area contributed by atoms with Crippen LogP contribution in [0.4, 0.5) is 13.2 Å². The molecule has 0 radical (unpaired) electrons. The maximum absolute atomic E-state index is 12.8. The lowest BCUT2D eigenvalue weighted by Gasteiger charge is -2.15. The number of halogens is 3. The van der Waals surface area contributed by atoms with Gasteiger partial charge in [0.05, 0.1) is 11.3 Å². The van der Waals surface area contributed by atoms with Gasteiger partial charge in [-0.1, -0.05) is 12.1 Å². The second-order valence-electron chi connectivity index (χ2n) is 6.37. The van der Waals surface area contributed by atoms with E-state index < -0.39 is 22.7 Å². The zero-order valence-corrected chi connectivity index (χ0v) is 13.6. The van der Waals surface area contributed by atoms with E-state index in [1.807, 2.05) is 6.07 Å². The molecule has 2 aromatic heterocycles. The highest BCUT2D eigenvalue weighted by Crippen LogP contribution is 2.54. The molecule has 1 aliphatic rings. The van der Waals surface area contributed by atoms with E-state index in [2.05, 4.69) is 10.1 Å². The van der Waals surface area contributed by atoms with Crippen LogP contribution in [0.3, 0.4) is 0 Å². The molecule has 1 saturated carbocycles. The molecule has 0 aliphatic heterocycles. The fraction of sp³-hybridized carbons (Fsp3) is 0.222. The first-order valence-electron chi connectivity index (χ1n) is 7.94. The third-order valence-electron chi connectivity index (χ3n) is 4.86. The first kappa shape index (κ1) is 16.9. The summed E-state index contributed by atoms with van der Waals surface area (Å²) in [4.78, 5) is 15.0. The minimum Gasteiger partial charge on any atom is -0.344 e. The van der Waals surface area contributed by atoms with Crippen molar-refractivity contribution in [2.75, 3.05) is 0 Å². The molecule has 134 valence electrons. The van der Waals surface area contributed by atoms with Crippen molar-refractivity contribution in [3.8, 4) is 12.1 Å². The molecule has 0 saturated heterocycles. The van der Waals surface area contributed by atoms with Crippen molar-refractivity contribution < 1.29 is 13.2 Å². The van der Waals surface area contributed by atoms with Crippen molar-refractivity contribution in [1.29, 1.82) is 10.5 Å². The molecular weight excluding hydrogens is 359 g/mol. The van der Waals surface area contributed by atoms with E-state index in [1.165, 1.54) is 18.3 Å². The van der Waals surface area contributed by atoms with Gasteiger partial charge >= 0.3 is 6.18 Å². The van der Waals surface area contributed by atoms with Crippen LogP contribution >= 0.6 is 0 Å². The molecule has 6 nitrogen and oxygen atoms in total. The van der Waals surface area contributed by atoms with Crippen LogP contribution in [-0.4, -0.2) is 14.6 Å². The van der Waals surface area contributed by atoms with E-state index >= 15 is 0 Å². The van der Waals surface area contributed by atoms with Crippen LogP contribution in [0.25, 0.3) is 5.65 Å². The van der Waals surface area contributed by atoms with Crippen LogP contribution in [0, 0.1) is 22.7 Å². The van der Waals surface area contributed by atoms with E-state index in [0.717, 1.165) is 16.6 Å². The molecule has 0 spiro atoms. The summed E-state index contributed by atoms with van der Waals surface area (Å²) in [7, 11) is 0. The monoisotopic (exact) mass is 369 g/mol. The summed E-state index contributed by atoms with van der Waals surface area (Å²) in [6.07, 6.45) is -2.04.